The van der Waals surface area contributed by atoms with Gasteiger partial charge in [-0.25, -0.2) is 10.2 Å². The Labute approximate surface area is 125 Å². The molecule has 0 saturated heterocycles. The highest BCUT2D eigenvalue weighted by Gasteiger charge is 2.15. The third-order valence-corrected chi connectivity index (χ3v) is 2.54. The molecule has 1 amide bonds. The van der Waals surface area contributed by atoms with Gasteiger partial charge in [0.05, 0.1) is 12.8 Å². The highest BCUT2D eigenvalue weighted by Crippen LogP contribution is 2.12. The van der Waals surface area contributed by atoms with Crippen molar-refractivity contribution in [3.8, 4) is 0 Å². The predicted octanol–water partition coefficient (Wildman–Crippen LogP) is 1.97. The standard InChI is InChI=1S/C15H23N3O3/c1-15(2,3)21-14(20)17-16-11-12-5-7-13(8-6-12)18(4)9-10-19/h5-8,11,19H,9-10H2,1-4H3,(H,17,20)/b16-11+. The number of amides is 1. The summed E-state index contributed by atoms with van der Waals surface area (Å²) in [6.45, 7) is 6.06. The van der Waals surface area contributed by atoms with Gasteiger partial charge in [-0.1, -0.05) is 12.1 Å². The van der Waals surface area contributed by atoms with Crippen LogP contribution in [0.25, 0.3) is 0 Å². The Bertz CT molecular complexity index is 478. The summed E-state index contributed by atoms with van der Waals surface area (Å²) in [4.78, 5) is 13.3. The number of anilines is 1. The average molecular weight is 293 g/mol. The second kappa shape index (κ2) is 7.64. The first-order valence-electron chi connectivity index (χ1n) is 6.76. The van der Waals surface area contributed by atoms with E-state index in [1.54, 1.807) is 27.0 Å². The zero-order chi connectivity index (χ0) is 15.9. The molecule has 1 aromatic carbocycles. The highest BCUT2D eigenvalue weighted by atomic mass is 16.6. The summed E-state index contributed by atoms with van der Waals surface area (Å²) in [6.07, 6.45) is 0.956. The van der Waals surface area contributed by atoms with Gasteiger partial charge in [0.1, 0.15) is 5.60 Å². The molecule has 2 N–H and O–H groups in total. The lowest BCUT2D eigenvalue weighted by atomic mass is 10.2. The van der Waals surface area contributed by atoms with Crippen LogP contribution in [0.1, 0.15) is 26.3 Å². The van der Waals surface area contributed by atoms with Gasteiger partial charge in [0.25, 0.3) is 0 Å². The Morgan fingerprint density at radius 3 is 2.52 bits per heavy atom. The molecule has 0 aromatic heterocycles. The molecule has 1 aromatic rings. The van der Waals surface area contributed by atoms with Crippen LogP contribution in [-0.4, -0.2) is 43.2 Å². The number of hydrogen-bond acceptors (Lipinski definition) is 5. The molecule has 0 bridgehead atoms. The van der Waals surface area contributed by atoms with E-state index in [1.807, 2.05) is 36.2 Å². The molecule has 0 fully saturated rings. The SMILES string of the molecule is CN(CCO)c1ccc(/C=N/NC(=O)OC(C)(C)C)cc1. The molecule has 116 valence electrons. The number of aliphatic hydroxyl groups is 1. The van der Waals surface area contributed by atoms with Gasteiger partial charge in [-0.15, -0.1) is 0 Å². The number of nitrogens with one attached hydrogen (secondary N) is 1. The van der Waals surface area contributed by atoms with Crippen molar-refractivity contribution in [3.05, 3.63) is 29.8 Å². The molecule has 0 heterocycles. The van der Waals surface area contributed by atoms with E-state index in [0.29, 0.717) is 6.54 Å². The van der Waals surface area contributed by atoms with E-state index in [0.717, 1.165) is 11.3 Å². The normalized spacial score (nSPS) is 11.5. The van der Waals surface area contributed by atoms with Gasteiger partial charge >= 0.3 is 6.09 Å². The molecule has 1 rings (SSSR count). The van der Waals surface area contributed by atoms with E-state index in [-0.39, 0.29) is 6.61 Å². The second-order valence-corrected chi connectivity index (χ2v) is 5.61. The minimum atomic E-state index is -0.585. The van der Waals surface area contributed by atoms with Gasteiger partial charge in [0.2, 0.25) is 0 Å². The monoisotopic (exact) mass is 293 g/mol. The zero-order valence-electron chi connectivity index (χ0n) is 13.0. The molecule has 0 radical (unpaired) electrons. The lowest BCUT2D eigenvalue weighted by molar-refractivity contribution is 0.0529. The largest absolute Gasteiger partial charge is 0.443 e. The van der Waals surface area contributed by atoms with Crippen LogP contribution >= 0.6 is 0 Å². The molecule has 0 atom stereocenters. The Morgan fingerprint density at radius 2 is 2.00 bits per heavy atom. The first kappa shape index (κ1) is 17.0. The summed E-state index contributed by atoms with van der Waals surface area (Å²) in [5.41, 5.74) is 3.62. The molecular formula is C15H23N3O3. The predicted molar refractivity (Wildman–Crippen MR) is 83.8 cm³/mol. The number of carbonyl (C=O) groups excluding carboxylic acids is 1. The number of likely N-dealkylation sites (N-methyl/N-ethyl adjacent to an activating group) is 1. The lowest BCUT2D eigenvalue weighted by Crippen LogP contribution is -2.29. The van der Waals surface area contributed by atoms with Gasteiger partial charge in [-0.2, -0.15) is 5.10 Å². The molecule has 0 spiro atoms. The number of hydrazone groups is 1. The topological polar surface area (TPSA) is 74.2 Å². The van der Waals surface area contributed by atoms with Crippen molar-refractivity contribution in [2.45, 2.75) is 26.4 Å². The van der Waals surface area contributed by atoms with E-state index in [9.17, 15) is 4.79 Å². The average Bonchev–Trinajstić information content (AvgIpc) is 2.37. The van der Waals surface area contributed by atoms with Crippen LogP contribution in [0.5, 0.6) is 0 Å². The van der Waals surface area contributed by atoms with E-state index < -0.39 is 11.7 Å². The van der Waals surface area contributed by atoms with Gasteiger partial charge < -0.3 is 14.7 Å². The molecule has 6 nitrogen and oxygen atoms in total. The van der Waals surface area contributed by atoms with Crippen molar-refractivity contribution in [1.29, 1.82) is 0 Å². The van der Waals surface area contributed by atoms with Crippen LogP contribution in [0.4, 0.5) is 10.5 Å². The third kappa shape index (κ3) is 6.76. The molecule has 0 aliphatic heterocycles. The number of carbonyl (C=O) groups is 1. The first-order chi connectivity index (χ1) is 9.81. The summed E-state index contributed by atoms with van der Waals surface area (Å²) in [7, 11) is 1.91. The number of rotatable bonds is 5. The third-order valence-electron chi connectivity index (χ3n) is 2.54. The van der Waals surface area contributed by atoms with Gasteiger partial charge in [-0.05, 0) is 38.5 Å². The Balaban J connectivity index is 2.52. The van der Waals surface area contributed by atoms with E-state index >= 15 is 0 Å². The first-order valence-corrected chi connectivity index (χ1v) is 6.76. The van der Waals surface area contributed by atoms with Crippen molar-refractivity contribution in [1.82, 2.24) is 5.43 Å². The maximum atomic E-state index is 11.4. The number of nitrogens with zero attached hydrogens (tertiary/aromatic N) is 2. The molecule has 0 aliphatic carbocycles. The molecule has 0 aliphatic rings. The fraction of sp³-hybridized carbons (Fsp3) is 0.467. The molecular weight excluding hydrogens is 270 g/mol. The van der Waals surface area contributed by atoms with Gasteiger partial charge in [-0.3, -0.25) is 0 Å². The van der Waals surface area contributed by atoms with Crippen molar-refractivity contribution in [2.24, 2.45) is 5.10 Å². The van der Waals surface area contributed by atoms with Crippen molar-refractivity contribution in [3.63, 3.8) is 0 Å². The summed E-state index contributed by atoms with van der Waals surface area (Å²) in [6, 6.07) is 7.60. The minimum absolute atomic E-state index is 0.111. The fourth-order valence-corrected chi connectivity index (χ4v) is 1.55. The van der Waals surface area contributed by atoms with Crippen LogP contribution in [0, 0.1) is 0 Å². The zero-order valence-corrected chi connectivity index (χ0v) is 13.0. The summed E-state index contributed by atoms with van der Waals surface area (Å²) >= 11 is 0. The summed E-state index contributed by atoms with van der Waals surface area (Å²) in [5, 5.41) is 12.7. The summed E-state index contributed by atoms with van der Waals surface area (Å²) < 4.78 is 5.06. The quantitative estimate of drug-likeness (QED) is 0.643. The Kier molecular flexibility index (Phi) is 6.17. The summed E-state index contributed by atoms with van der Waals surface area (Å²) in [5.74, 6) is 0. The van der Waals surface area contributed by atoms with Crippen LogP contribution in [0.2, 0.25) is 0 Å². The van der Waals surface area contributed by atoms with E-state index in [2.05, 4.69) is 10.5 Å². The number of aliphatic hydroxyl groups excluding tert-OH is 1. The van der Waals surface area contributed by atoms with Gasteiger partial charge in [0.15, 0.2) is 0 Å². The van der Waals surface area contributed by atoms with E-state index in [1.165, 1.54) is 0 Å². The second-order valence-electron chi connectivity index (χ2n) is 5.61. The smallest absolute Gasteiger partial charge is 0.428 e. The van der Waals surface area contributed by atoms with Crippen LogP contribution in [-0.2, 0) is 4.74 Å². The van der Waals surface area contributed by atoms with Crippen molar-refractivity contribution in [2.75, 3.05) is 25.1 Å². The van der Waals surface area contributed by atoms with Crippen LogP contribution < -0.4 is 10.3 Å². The number of benzene rings is 1. The Hall–Kier alpha value is -2.08. The molecule has 0 saturated carbocycles. The maximum Gasteiger partial charge on any atom is 0.428 e. The van der Waals surface area contributed by atoms with Crippen molar-refractivity contribution >= 4 is 18.0 Å². The highest BCUT2D eigenvalue weighted by molar-refractivity contribution is 5.81. The van der Waals surface area contributed by atoms with Crippen LogP contribution in [0.3, 0.4) is 0 Å². The lowest BCUT2D eigenvalue weighted by Gasteiger charge is -2.18. The van der Waals surface area contributed by atoms with Crippen molar-refractivity contribution < 1.29 is 14.6 Å². The maximum absolute atomic E-state index is 11.4. The van der Waals surface area contributed by atoms with E-state index in [4.69, 9.17) is 9.84 Å². The number of hydrogen-bond donors (Lipinski definition) is 2. The minimum Gasteiger partial charge on any atom is -0.443 e. The fourth-order valence-electron chi connectivity index (χ4n) is 1.55. The molecule has 6 heteroatoms. The number of ether oxygens (including phenoxy) is 1. The van der Waals surface area contributed by atoms with Gasteiger partial charge in [0, 0.05) is 19.3 Å². The van der Waals surface area contributed by atoms with Crippen LogP contribution in [0.15, 0.2) is 29.4 Å². The Morgan fingerprint density at radius 1 is 1.38 bits per heavy atom. The molecule has 0 unspecified atom stereocenters. The molecule has 21 heavy (non-hydrogen) atoms.